The number of hydrogen-bond acceptors (Lipinski definition) is 7. The fourth-order valence-electron chi connectivity index (χ4n) is 7.13. The van der Waals surface area contributed by atoms with Crippen molar-refractivity contribution in [2.24, 2.45) is 11.8 Å². The average Bonchev–Trinajstić information content (AvgIpc) is 3.35. The molecule has 2 N–H and O–H groups in total. The summed E-state index contributed by atoms with van der Waals surface area (Å²) in [7, 11) is 0. The molecule has 10 heteroatoms. The van der Waals surface area contributed by atoms with Crippen LogP contribution < -0.4 is 10.2 Å². The molecule has 0 radical (unpaired) electrons. The third kappa shape index (κ3) is 5.60. The minimum Gasteiger partial charge on any atom is -0.350 e. The van der Waals surface area contributed by atoms with Gasteiger partial charge in [0.05, 0.1) is 19.0 Å². The summed E-state index contributed by atoms with van der Waals surface area (Å²) >= 11 is 0. The van der Waals surface area contributed by atoms with Crippen molar-refractivity contribution in [3.05, 3.63) is 17.3 Å². The van der Waals surface area contributed by atoms with Crippen molar-refractivity contribution in [1.82, 2.24) is 25.2 Å². The van der Waals surface area contributed by atoms with Gasteiger partial charge in [-0.25, -0.2) is 19.4 Å². The van der Waals surface area contributed by atoms with Gasteiger partial charge in [0.25, 0.3) is 0 Å². The van der Waals surface area contributed by atoms with Crippen LogP contribution in [0.2, 0.25) is 0 Å². The van der Waals surface area contributed by atoms with Gasteiger partial charge < -0.3 is 10.2 Å². The Bertz CT molecular complexity index is 977. The van der Waals surface area contributed by atoms with Gasteiger partial charge in [0.1, 0.15) is 11.5 Å². The minimum absolute atomic E-state index is 0.0511. The molecule has 0 spiro atoms. The number of carbonyl (C=O) groups excluding carboxylic acids is 2. The number of carbonyl (C=O) groups is 2. The molecule has 4 fully saturated rings. The summed E-state index contributed by atoms with van der Waals surface area (Å²) in [6.45, 7) is 4.68. The maximum atomic E-state index is 15.9. The highest BCUT2D eigenvalue weighted by Crippen LogP contribution is 2.51. The Morgan fingerprint density at radius 1 is 1.16 bits per heavy atom. The molecule has 4 aliphatic rings. The van der Waals surface area contributed by atoms with Crippen molar-refractivity contribution in [3.8, 4) is 0 Å². The number of aromatic nitrogens is 2. The zero-order valence-electron chi connectivity index (χ0n) is 22.0. The van der Waals surface area contributed by atoms with E-state index in [4.69, 9.17) is 0 Å². The van der Waals surface area contributed by atoms with Gasteiger partial charge in [-0.1, -0.05) is 25.7 Å². The highest BCUT2D eigenvalue weighted by atomic mass is 19.1. The lowest BCUT2D eigenvalue weighted by Gasteiger charge is -2.38. The van der Waals surface area contributed by atoms with Crippen LogP contribution in [0.25, 0.3) is 0 Å². The van der Waals surface area contributed by atoms with Crippen molar-refractivity contribution in [2.75, 3.05) is 31.1 Å². The van der Waals surface area contributed by atoms with Gasteiger partial charge >= 0.3 is 0 Å². The first-order valence-electron chi connectivity index (χ1n) is 14.1. The predicted molar refractivity (Wildman–Crippen MR) is 136 cm³/mol. The van der Waals surface area contributed by atoms with Gasteiger partial charge in [-0.05, 0) is 70.9 Å². The number of amides is 2. The van der Waals surface area contributed by atoms with E-state index >= 15 is 4.39 Å². The Balaban J connectivity index is 1.30. The van der Waals surface area contributed by atoms with Gasteiger partial charge in [-0.15, -0.1) is 0 Å². The molecule has 3 heterocycles. The number of nitrogens with one attached hydrogen (secondary N) is 1. The number of halogens is 1. The van der Waals surface area contributed by atoms with E-state index in [1.807, 2.05) is 0 Å². The van der Waals surface area contributed by atoms with Crippen molar-refractivity contribution < 1.29 is 19.2 Å². The van der Waals surface area contributed by atoms with E-state index in [0.29, 0.717) is 35.5 Å². The summed E-state index contributed by atoms with van der Waals surface area (Å²) in [5.41, 5.74) is 0.331. The second kappa shape index (κ2) is 11.2. The van der Waals surface area contributed by atoms with E-state index in [9.17, 15) is 14.8 Å². The average molecular weight is 517 g/mol. The summed E-state index contributed by atoms with van der Waals surface area (Å²) in [4.78, 5) is 37.7. The topological polar surface area (TPSA) is 102 Å². The van der Waals surface area contributed by atoms with E-state index < -0.39 is 11.7 Å². The molecule has 2 aliphatic heterocycles. The van der Waals surface area contributed by atoms with Gasteiger partial charge in [-0.3, -0.25) is 19.7 Å². The lowest BCUT2D eigenvalue weighted by atomic mass is 9.92. The molecular weight excluding hydrogens is 475 g/mol. The Labute approximate surface area is 218 Å². The summed E-state index contributed by atoms with van der Waals surface area (Å²) in [6.07, 6.45) is 12.2. The van der Waals surface area contributed by atoms with Crippen molar-refractivity contribution in [3.63, 3.8) is 0 Å². The first-order valence-corrected chi connectivity index (χ1v) is 14.1. The van der Waals surface area contributed by atoms with Gasteiger partial charge in [0, 0.05) is 18.1 Å². The first kappa shape index (κ1) is 26.3. The molecule has 9 nitrogen and oxygen atoms in total. The van der Waals surface area contributed by atoms with Crippen molar-refractivity contribution in [1.29, 1.82) is 0 Å². The van der Waals surface area contributed by atoms with Crippen molar-refractivity contribution in [2.45, 2.75) is 95.7 Å². The van der Waals surface area contributed by atoms with Crippen molar-refractivity contribution >= 4 is 18.1 Å². The van der Waals surface area contributed by atoms with E-state index in [0.717, 1.165) is 71.0 Å². The van der Waals surface area contributed by atoms with Gasteiger partial charge in [0.2, 0.25) is 12.3 Å². The summed E-state index contributed by atoms with van der Waals surface area (Å²) in [6, 6.07) is 0.256. The fourth-order valence-corrected chi connectivity index (χ4v) is 7.13. The van der Waals surface area contributed by atoms with E-state index in [-0.39, 0.29) is 36.3 Å². The van der Waals surface area contributed by atoms with Crippen LogP contribution in [0.3, 0.4) is 0 Å². The zero-order chi connectivity index (χ0) is 26.0. The van der Waals surface area contributed by atoms with Gasteiger partial charge in [0.15, 0.2) is 11.6 Å². The summed E-state index contributed by atoms with van der Waals surface area (Å²) < 4.78 is 15.9. The third-order valence-corrected chi connectivity index (χ3v) is 9.08. The summed E-state index contributed by atoms with van der Waals surface area (Å²) in [5.74, 6) is -0.0640. The molecule has 2 amide bonds. The van der Waals surface area contributed by atoms with Crippen LogP contribution in [0.4, 0.5) is 10.2 Å². The molecular formula is C27H41FN6O3. The van der Waals surface area contributed by atoms with Crippen LogP contribution in [-0.2, 0) is 16.1 Å². The molecule has 204 valence electrons. The summed E-state index contributed by atoms with van der Waals surface area (Å²) in [5, 5.41) is 13.1. The first-order chi connectivity index (χ1) is 17.9. The molecule has 0 bridgehead atoms. The molecule has 2 aliphatic carbocycles. The molecule has 1 aromatic rings. The highest BCUT2D eigenvalue weighted by Gasteiger charge is 2.57. The van der Waals surface area contributed by atoms with E-state index in [2.05, 4.69) is 25.1 Å². The molecule has 2 atom stereocenters. The number of rotatable bonds is 11. The molecule has 1 aromatic heterocycles. The Hall–Kier alpha value is -2.33. The maximum absolute atomic E-state index is 15.9. The molecule has 37 heavy (non-hydrogen) atoms. The second-order valence-electron chi connectivity index (χ2n) is 11.5. The van der Waals surface area contributed by atoms with Crippen LogP contribution >= 0.6 is 0 Å². The largest absolute Gasteiger partial charge is 0.350 e. The minimum atomic E-state index is -0.554. The number of hydrogen-bond donors (Lipinski definition) is 2. The second-order valence-corrected chi connectivity index (χ2v) is 11.5. The van der Waals surface area contributed by atoms with E-state index in [1.54, 1.807) is 6.92 Å². The Morgan fingerprint density at radius 2 is 1.89 bits per heavy atom. The van der Waals surface area contributed by atoms with Crippen LogP contribution in [0.1, 0.15) is 82.1 Å². The predicted octanol–water partition coefficient (Wildman–Crippen LogP) is 3.18. The quantitative estimate of drug-likeness (QED) is 0.265. The normalized spacial score (nSPS) is 24.4. The molecule has 2 saturated heterocycles. The zero-order valence-corrected chi connectivity index (χ0v) is 22.0. The SMILES string of the molecule is Cc1nc(CNC(=O)[C@H](CC2CCCC2)CN(O)C=O)c(F)c(N2CCC[C@H]2C2(N3CCCC3)CC2)n1. The molecule has 5 rings (SSSR count). The van der Waals surface area contributed by atoms with Gasteiger partial charge in [-0.2, -0.15) is 0 Å². The monoisotopic (exact) mass is 516 g/mol. The number of hydroxylamine groups is 2. The molecule has 0 unspecified atom stereocenters. The number of nitrogens with zero attached hydrogens (tertiary/aromatic N) is 5. The maximum Gasteiger partial charge on any atom is 0.233 e. The highest BCUT2D eigenvalue weighted by molar-refractivity contribution is 5.79. The Kier molecular flexibility index (Phi) is 7.95. The Morgan fingerprint density at radius 3 is 2.57 bits per heavy atom. The molecule has 2 saturated carbocycles. The standard InChI is InChI=1S/C27H41FN6O3/c1-19-30-22(16-29-26(36)21(17-33(37)18-35)15-20-7-2-3-8-20)24(28)25(31-19)34-14-6-9-23(34)27(10-11-27)32-12-4-5-13-32/h18,20-21,23,37H,2-17H2,1H3,(H,29,36)/t21-,23+/m1/s1. The van der Waals surface area contributed by atoms with Crippen LogP contribution in [-0.4, -0.2) is 75.2 Å². The number of anilines is 1. The lowest BCUT2D eigenvalue weighted by Crippen LogP contribution is -2.51. The smallest absolute Gasteiger partial charge is 0.233 e. The van der Waals surface area contributed by atoms with Crippen LogP contribution in [0.5, 0.6) is 0 Å². The fraction of sp³-hybridized carbons (Fsp3) is 0.778. The number of aryl methyl sites for hydroxylation is 1. The lowest BCUT2D eigenvalue weighted by molar-refractivity contribution is -0.155. The third-order valence-electron chi connectivity index (χ3n) is 9.08. The number of likely N-dealkylation sites (tertiary alicyclic amines) is 1. The van der Waals surface area contributed by atoms with E-state index in [1.165, 1.54) is 12.8 Å². The molecule has 0 aromatic carbocycles. The van der Waals surface area contributed by atoms with Crippen LogP contribution in [0.15, 0.2) is 0 Å². The van der Waals surface area contributed by atoms with Crippen LogP contribution in [0, 0.1) is 24.6 Å².